The number of benzene rings is 11. The van der Waals surface area contributed by atoms with E-state index in [2.05, 4.69) is 254 Å². The molecule has 11 aromatic carbocycles. The average molecular weight is 856 g/mol. The highest BCUT2D eigenvalue weighted by Crippen LogP contribution is 2.42. The molecule has 2 heteroatoms. The first-order valence-corrected chi connectivity index (χ1v) is 23.0. The number of furan rings is 1. The maximum absolute atomic E-state index is 6.33. The molecule has 0 aliphatic heterocycles. The lowest BCUT2D eigenvalue weighted by molar-refractivity contribution is 0.629. The summed E-state index contributed by atoms with van der Waals surface area (Å²) < 4.78 is 6.33. The fourth-order valence-corrected chi connectivity index (χ4v) is 9.88. The van der Waals surface area contributed by atoms with E-state index in [1.807, 2.05) is 12.1 Å². The number of hydrogen-bond acceptors (Lipinski definition) is 2. The first-order chi connectivity index (χ1) is 33.1. The maximum atomic E-state index is 6.33. The molecule has 1 heterocycles. The molecular weight excluding hydrogens is 811 g/mol. The fourth-order valence-electron chi connectivity index (χ4n) is 9.88. The van der Waals surface area contributed by atoms with Crippen LogP contribution in [-0.4, -0.2) is 0 Å². The van der Waals surface area contributed by atoms with Crippen molar-refractivity contribution in [3.8, 4) is 67.0 Å². The van der Waals surface area contributed by atoms with Gasteiger partial charge in [-0.05, 0) is 133 Å². The van der Waals surface area contributed by atoms with Crippen LogP contribution in [-0.2, 0) is 0 Å². The van der Waals surface area contributed by atoms with E-state index < -0.39 is 0 Å². The van der Waals surface area contributed by atoms with Gasteiger partial charge in [0.25, 0.3) is 0 Å². The highest BCUT2D eigenvalue weighted by molar-refractivity contribution is 6.08. The molecule has 0 amide bonds. The van der Waals surface area contributed by atoms with Crippen molar-refractivity contribution in [2.45, 2.75) is 6.92 Å². The number of nitrogens with zero attached hydrogens (tertiary/aromatic N) is 1. The fraction of sp³-hybridized carbons (Fsp3) is 0.0154. The van der Waals surface area contributed by atoms with Crippen LogP contribution in [0.25, 0.3) is 99.5 Å². The van der Waals surface area contributed by atoms with Crippen LogP contribution in [0.15, 0.2) is 259 Å². The number of fused-ring (bicyclic) bond motifs is 4. The van der Waals surface area contributed by atoms with E-state index in [1.54, 1.807) is 0 Å². The largest absolute Gasteiger partial charge is 0.456 e. The molecule has 0 N–H and O–H groups in total. The SMILES string of the molecule is Cc1c(-c2cccc(-c3ccc(-c4ccc(N(c5ccc(-c6ccccc6-c6ccccc6-c6ccccc6)cc5)c5ccc6c(ccc7ccccc76)c5)cc4)cc3)c2)oc2ccccc12. The zero-order valence-electron chi connectivity index (χ0n) is 37.1. The second kappa shape index (κ2) is 17.0. The predicted molar refractivity (Wildman–Crippen MR) is 283 cm³/mol. The third kappa shape index (κ3) is 7.45. The molecule has 1 aromatic heterocycles. The Balaban J connectivity index is 0.884. The lowest BCUT2D eigenvalue weighted by Gasteiger charge is -2.26. The summed E-state index contributed by atoms with van der Waals surface area (Å²) in [5.41, 5.74) is 18.3. The Kier molecular flexibility index (Phi) is 10.1. The van der Waals surface area contributed by atoms with E-state index >= 15 is 0 Å². The molecule has 0 saturated heterocycles. The summed E-state index contributed by atoms with van der Waals surface area (Å²) in [7, 11) is 0. The van der Waals surface area contributed by atoms with Crippen molar-refractivity contribution in [2.24, 2.45) is 0 Å². The Morgan fingerprint density at radius 1 is 0.284 bits per heavy atom. The number of anilines is 3. The van der Waals surface area contributed by atoms with E-state index in [1.165, 1.54) is 66.1 Å². The molecule has 0 aliphatic carbocycles. The van der Waals surface area contributed by atoms with Crippen molar-refractivity contribution in [1.82, 2.24) is 0 Å². The number of para-hydroxylation sites is 1. The molecule has 0 fully saturated rings. The van der Waals surface area contributed by atoms with Gasteiger partial charge in [0.05, 0.1) is 0 Å². The summed E-state index contributed by atoms with van der Waals surface area (Å²) in [5.74, 6) is 0.924. The average Bonchev–Trinajstić information content (AvgIpc) is 3.75. The molecule has 0 bridgehead atoms. The molecule has 67 heavy (non-hydrogen) atoms. The molecular formula is C65H45NO. The minimum atomic E-state index is 0.918. The second-order valence-electron chi connectivity index (χ2n) is 17.3. The molecule has 0 radical (unpaired) electrons. The number of hydrogen-bond donors (Lipinski definition) is 0. The zero-order chi connectivity index (χ0) is 44.7. The van der Waals surface area contributed by atoms with Crippen LogP contribution in [0.1, 0.15) is 5.56 Å². The molecule has 2 nitrogen and oxygen atoms in total. The summed E-state index contributed by atoms with van der Waals surface area (Å²) in [4.78, 5) is 2.37. The quantitative estimate of drug-likeness (QED) is 0.135. The van der Waals surface area contributed by atoms with Gasteiger partial charge in [0, 0.05) is 33.6 Å². The minimum Gasteiger partial charge on any atom is -0.456 e. The lowest BCUT2D eigenvalue weighted by Crippen LogP contribution is -2.09. The van der Waals surface area contributed by atoms with Gasteiger partial charge >= 0.3 is 0 Å². The monoisotopic (exact) mass is 855 g/mol. The van der Waals surface area contributed by atoms with Gasteiger partial charge in [-0.1, -0.05) is 206 Å². The third-order valence-electron chi connectivity index (χ3n) is 13.3. The smallest absolute Gasteiger partial charge is 0.138 e. The molecule has 12 aromatic rings. The molecule has 0 atom stereocenters. The Hall–Kier alpha value is -8.72. The molecule has 0 aliphatic rings. The second-order valence-corrected chi connectivity index (χ2v) is 17.3. The minimum absolute atomic E-state index is 0.918. The normalized spacial score (nSPS) is 11.4. The van der Waals surface area contributed by atoms with Crippen molar-refractivity contribution < 1.29 is 4.42 Å². The molecule has 0 spiro atoms. The van der Waals surface area contributed by atoms with E-state index in [-0.39, 0.29) is 0 Å². The van der Waals surface area contributed by atoms with Crippen LogP contribution in [0.3, 0.4) is 0 Å². The zero-order valence-corrected chi connectivity index (χ0v) is 37.1. The Morgan fingerprint density at radius 3 is 1.42 bits per heavy atom. The summed E-state index contributed by atoms with van der Waals surface area (Å²) in [5, 5.41) is 6.12. The topological polar surface area (TPSA) is 16.4 Å². The first kappa shape index (κ1) is 39.8. The van der Waals surface area contributed by atoms with Gasteiger partial charge in [0.15, 0.2) is 0 Å². The van der Waals surface area contributed by atoms with Crippen LogP contribution in [0.4, 0.5) is 17.1 Å². The lowest BCUT2D eigenvalue weighted by atomic mass is 9.89. The van der Waals surface area contributed by atoms with Gasteiger partial charge < -0.3 is 9.32 Å². The Morgan fingerprint density at radius 2 is 0.746 bits per heavy atom. The van der Waals surface area contributed by atoms with Crippen LogP contribution in [0.5, 0.6) is 0 Å². The van der Waals surface area contributed by atoms with Gasteiger partial charge in [0.1, 0.15) is 11.3 Å². The van der Waals surface area contributed by atoms with Crippen LogP contribution < -0.4 is 4.90 Å². The van der Waals surface area contributed by atoms with Crippen molar-refractivity contribution >= 4 is 49.6 Å². The van der Waals surface area contributed by atoms with Gasteiger partial charge in [-0.25, -0.2) is 0 Å². The predicted octanol–water partition coefficient (Wildman–Crippen LogP) is 18.5. The van der Waals surface area contributed by atoms with Gasteiger partial charge in [-0.3, -0.25) is 0 Å². The summed E-state index contributed by atoms with van der Waals surface area (Å²) in [6.45, 7) is 2.14. The Bertz CT molecular complexity index is 3730. The van der Waals surface area contributed by atoms with Crippen molar-refractivity contribution in [3.63, 3.8) is 0 Å². The summed E-state index contributed by atoms with van der Waals surface area (Å²) in [6, 6.07) is 92.0. The molecule has 12 rings (SSSR count). The van der Waals surface area contributed by atoms with Crippen LogP contribution in [0.2, 0.25) is 0 Å². The van der Waals surface area contributed by atoms with Crippen LogP contribution in [0, 0.1) is 6.92 Å². The van der Waals surface area contributed by atoms with Gasteiger partial charge in [-0.15, -0.1) is 0 Å². The maximum Gasteiger partial charge on any atom is 0.138 e. The number of rotatable bonds is 9. The van der Waals surface area contributed by atoms with Crippen LogP contribution >= 0.6 is 0 Å². The van der Waals surface area contributed by atoms with E-state index in [4.69, 9.17) is 4.42 Å². The van der Waals surface area contributed by atoms with Crippen molar-refractivity contribution in [3.05, 3.63) is 260 Å². The molecule has 0 unspecified atom stereocenters. The van der Waals surface area contributed by atoms with E-state index in [9.17, 15) is 0 Å². The highest BCUT2D eigenvalue weighted by atomic mass is 16.3. The number of aryl methyl sites for hydroxylation is 1. The Labute approximate surface area is 391 Å². The van der Waals surface area contributed by atoms with Crippen molar-refractivity contribution in [1.29, 1.82) is 0 Å². The van der Waals surface area contributed by atoms with E-state index in [0.29, 0.717) is 0 Å². The third-order valence-corrected chi connectivity index (χ3v) is 13.3. The summed E-state index contributed by atoms with van der Waals surface area (Å²) >= 11 is 0. The highest BCUT2D eigenvalue weighted by Gasteiger charge is 2.18. The standard InChI is InChI=1S/C65H45NO/c1-44-57-19-11-12-25-64(57)67-65(44)53-18-13-17-51(42-53)47-28-26-45(27-29-47)46-32-36-54(37-33-46)66(56-40-41-61-52(43-56)31-30-49-16-5-6-20-58(49)61)55-38-34-50(35-39-55)60-22-8-10-24-63(60)62-23-9-7-21-59(62)48-14-3-2-4-15-48/h2-43H,1H3. The van der Waals surface area contributed by atoms with Gasteiger partial charge in [-0.2, -0.15) is 0 Å². The molecule has 316 valence electrons. The first-order valence-electron chi connectivity index (χ1n) is 23.0. The van der Waals surface area contributed by atoms with Gasteiger partial charge in [0.2, 0.25) is 0 Å². The molecule has 0 saturated carbocycles. The summed E-state index contributed by atoms with van der Waals surface area (Å²) in [6.07, 6.45) is 0. The van der Waals surface area contributed by atoms with Crippen molar-refractivity contribution in [2.75, 3.05) is 4.90 Å². The van der Waals surface area contributed by atoms with E-state index in [0.717, 1.165) is 56.0 Å².